The smallest absolute Gasteiger partial charge is 0.326 e. The number of ketones is 3. The van der Waals surface area contributed by atoms with Gasteiger partial charge in [0.1, 0.15) is 31.1 Å². The predicted octanol–water partition coefficient (Wildman–Crippen LogP) is 6.83. The van der Waals surface area contributed by atoms with E-state index in [4.69, 9.17) is 39.3 Å². The topological polar surface area (TPSA) is 435 Å². The third kappa shape index (κ3) is 52.4. The lowest BCUT2D eigenvalue weighted by Crippen LogP contribution is -2.52. The summed E-state index contributed by atoms with van der Waals surface area (Å²) in [6, 6.07) is 15.1. The number of hydrogen-bond donors (Lipinski definition) is 12. The van der Waals surface area contributed by atoms with Crippen molar-refractivity contribution in [1.82, 2.24) is 52.5 Å². The monoisotopic (exact) mass is 1580 g/mol. The maximum atomic E-state index is 13.8. The zero-order valence-electron chi connectivity index (χ0n) is 66.7. The number of ether oxygens (including phenoxy) is 6. The molecule has 2 aromatic carbocycles. The van der Waals surface area contributed by atoms with Gasteiger partial charge in [-0.1, -0.05) is 157 Å². The third-order valence-corrected chi connectivity index (χ3v) is 19.0. The summed E-state index contributed by atoms with van der Waals surface area (Å²) in [6.45, 7) is 4.99. The molecule has 0 bridgehead atoms. The second kappa shape index (κ2) is 65.5. The molecule has 6 amide bonds. The lowest BCUT2D eigenvalue weighted by Gasteiger charge is -2.28. The maximum Gasteiger partial charge on any atom is 0.326 e. The van der Waals surface area contributed by atoms with Crippen molar-refractivity contribution < 1.29 is 91.4 Å². The average Bonchev–Trinajstić information content (AvgIpc) is 0.958. The minimum absolute atomic E-state index is 0.0113. The number of rotatable bonds is 70. The summed E-state index contributed by atoms with van der Waals surface area (Å²) >= 11 is 0. The molecule has 1 fully saturated rings. The average molecular weight is 1580 g/mol. The lowest BCUT2D eigenvalue weighted by atomic mass is 9.81. The molecule has 30 heteroatoms. The lowest BCUT2D eigenvalue weighted by molar-refractivity contribution is -0.143. The number of aromatic nitrogens is 2. The highest BCUT2D eigenvalue weighted by atomic mass is 16.5. The Bertz CT molecular complexity index is 3040. The minimum atomic E-state index is -1.14. The number of nitrogens with two attached hydrogens (primary N) is 1. The predicted molar refractivity (Wildman–Crippen MR) is 424 cm³/mol. The van der Waals surface area contributed by atoms with Gasteiger partial charge in [-0.25, -0.2) is 9.78 Å². The van der Waals surface area contributed by atoms with Crippen LogP contribution in [-0.4, -0.2) is 221 Å². The number of carboxylic acids is 2. The Morgan fingerprint density at radius 3 is 1.56 bits per heavy atom. The molecule has 1 aliphatic carbocycles. The summed E-state index contributed by atoms with van der Waals surface area (Å²) < 4.78 is 32.5. The molecule has 630 valence electrons. The van der Waals surface area contributed by atoms with E-state index in [1.54, 1.807) is 12.5 Å². The number of primary amides is 1. The molecule has 0 radical (unpaired) electrons. The highest BCUT2D eigenvalue weighted by Gasteiger charge is 2.31. The summed E-state index contributed by atoms with van der Waals surface area (Å²) in [7, 11) is 1.53. The van der Waals surface area contributed by atoms with Crippen molar-refractivity contribution in [2.75, 3.05) is 112 Å². The Morgan fingerprint density at radius 1 is 0.500 bits per heavy atom. The highest BCUT2D eigenvalue weighted by Crippen LogP contribution is 2.29. The second-order valence-electron chi connectivity index (χ2n) is 28.5. The Hall–Kier alpha value is -7.94. The maximum absolute atomic E-state index is 13.8. The number of methoxy groups -OCH3 is 1. The second-order valence-corrected chi connectivity index (χ2v) is 28.5. The molecule has 112 heavy (non-hydrogen) atoms. The van der Waals surface area contributed by atoms with Gasteiger partial charge < -0.3 is 81.3 Å². The van der Waals surface area contributed by atoms with Gasteiger partial charge in [0.25, 0.3) is 0 Å². The molecule has 1 heterocycles. The van der Waals surface area contributed by atoms with Gasteiger partial charge in [0, 0.05) is 83.4 Å². The van der Waals surface area contributed by atoms with Crippen LogP contribution in [0.1, 0.15) is 210 Å². The van der Waals surface area contributed by atoms with Crippen molar-refractivity contribution in [3.63, 3.8) is 0 Å². The first-order chi connectivity index (χ1) is 54.4. The van der Waals surface area contributed by atoms with Crippen LogP contribution < -0.4 is 48.3 Å². The number of aryl methyl sites for hydroxylation is 1. The molecule has 0 saturated heterocycles. The van der Waals surface area contributed by atoms with Crippen LogP contribution in [0.15, 0.2) is 73.2 Å². The van der Waals surface area contributed by atoms with Crippen molar-refractivity contribution in [3.05, 3.63) is 90.0 Å². The molecule has 0 spiro atoms. The van der Waals surface area contributed by atoms with Crippen LogP contribution in [-0.2, 0) is 101 Å². The van der Waals surface area contributed by atoms with Crippen molar-refractivity contribution in [1.29, 1.82) is 0 Å². The molecule has 1 saturated carbocycles. The van der Waals surface area contributed by atoms with Gasteiger partial charge in [-0.15, -0.1) is 0 Å². The van der Waals surface area contributed by atoms with Crippen molar-refractivity contribution >= 4 is 64.7 Å². The molecule has 4 rings (SSSR count). The number of carboxylic acid groups (broad SMARTS) is 2. The summed E-state index contributed by atoms with van der Waals surface area (Å²) in [4.78, 5) is 142. The number of Topliss-reactive ketones (excluding diaryl/α,β-unsaturated/α-hetero) is 3. The van der Waals surface area contributed by atoms with Gasteiger partial charge in [0.15, 0.2) is 11.6 Å². The van der Waals surface area contributed by atoms with E-state index in [1.807, 2.05) is 67.6 Å². The fourth-order valence-corrected chi connectivity index (χ4v) is 12.3. The number of H-pyrrole nitrogens is 1. The van der Waals surface area contributed by atoms with Crippen molar-refractivity contribution in [2.45, 2.75) is 237 Å². The molecular weight excluding hydrogens is 1440 g/mol. The molecular formula is C82H133N11O19. The Labute approximate surface area is 662 Å². The van der Waals surface area contributed by atoms with Crippen LogP contribution in [0.3, 0.4) is 0 Å². The fraction of sp³-hybridized carbons (Fsp3) is 0.683. The van der Waals surface area contributed by atoms with E-state index in [1.165, 1.54) is 77.7 Å². The van der Waals surface area contributed by atoms with Gasteiger partial charge in [0.2, 0.25) is 35.4 Å². The van der Waals surface area contributed by atoms with E-state index in [0.29, 0.717) is 103 Å². The number of nitrogens with zero attached hydrogens (tertiary/aromatic N) is 1. The number of aliphatic carboxylic acids is 2. The molecule has 4 atom stereocenters. The summed E-state index contributed by atoms with van der Waals surface area (Å²) in [5, 5.41) is 41.0. The van der Waals surface area contributed by atoms with E-state index in [0.717, 1.165) is 68.2 Å². The molecule has 1 aliphatic rings. The number of aromatic amines is 1. The quantitative estimate of drug-likeness (QED) is 0.0257. The third-order valence-electron chi connectivity index (χ3n) is 19.0. The van der Waals surface area contributed by atoms with E-state index >= 15 is 0 Å². The van der Waals surface area contributed by atoms with Gasteiger partial charge in [-0.3, -0.25) is 58.6 Å². The van der Waals surface area contributed by atoms with E-state index in [9.17, 15) is 57.8 Å². The summed E-state index contributed by atoms with van der Waals surface area (Å²) in [5.74, 6) is -4.11. The first-order valence-corrected chi connectivity index (χ1v) is 40.7. The van der Waals surface area contributed by atoms with Crippen LogP contribution in [0.4, 0.5) is 0 Å². The SMILES string of the molecule is CCCOCC(=O)NCCOCCOCC(=O)NCCCC[C@H](NCC(=O)CCc1cnc[nH]1)C(=O)CN[C@@H](COCc1ccccc1)C(=O)CN[C@@H](COCc1ccccc1)C(N)=O.COCCNC(=O)CCC(NC(=O)C1CCC(CNC(=O)CCCCCCCCCCCCCCCCCCC(=O)O)CC1)C(=O)O. The van der Waals surface area contributed by atoms with Crippen LogP contribution in [0, 0.1) is 11.8 Å². The first kappa shape index (κ1) is 98.3. The number of unbranched alkanes of at least 4 members (excludes halogenated alkanes) is 16. The number of carbonyl (C=O) groups excluding carboxylic acids is 9. The molecule has 0 aliphatic heterocycles. The van der Waals surface area contributed by atoms with E-state index in [-0.39, 0.29) is 145 Å². The van der Waals surface area contributed by atoms with Gasteiger partial charge in [-0.2, -0.15) is 0 Å². The van der Waals surface area contributed by atoms with Crippen molar-refractivity contribution in [2.24, 2.45) is 17.6 Å². The summed E-state index contributed by atoms with van der Waals surface area (Å²) in [6.07, 6.45) is 29.1. The zero-order valence-corrected chi connectivity index (χ0v) is 66.7. The molecule has 13 N–H and O–H groups in total. The summed E-state index contributed by atoms with van der Waals surface area (Å²) in [5.41, 5.74) is 8.27. The van der Waals surface area contributed by atoms with Gasteiger partial charge >= 0.3 is 11.9 Å². The molecule has 1 aromatic heterocycles. The van der Waals surface area contributed by atoms with Gasteiger partial charge in [-0.05, 0) is 94.1 Å². The van der Waals surface area contributed by atoms with E-state index in [2.05, 4.69) is 52.5 Å². The Balaban J connectivity index is 0.000000612. The van der Waals surface area contributed by atoms with Crippen LogP contribution in [0.5, 0.6) is 0 Å². The number of carbonyl (C=O) groups is 11. The van der Waals surface area contributed by atoms with Crippen LogP contribution in [0.2, 0.25) is 0 Å². The number of nitrogens with one attached hydrogen (secondary N) is 9. The fourth-order valence-electron chi connectivity index (χ4n) is 12.3. The number of benzene rings is 2. The minimum Gasteiger partial charge on any atom is -0.481 e. The number of amides is 6. The van der Waals surface area contributed by atoms with Crippen LogP contribution >= 0.6 is 0 Å². The standard InChI is InChI=1S/C46H68N8O11.C36H65N3O8/c1-2-20-62-32-45(59)50-19-21-61-22-23-63-33-44(58)49-18-10-9-15-39(51-25-38(55)17-16-37-24-48-34-54-37)42(56)26-52-40(30-64-28-35-11-5-3-6-12-35)43(57)27-53-41(46(47)60)31-65-29-36-13-7-4-8-14-36;1-47-27-26-37-33(41)25-24-31(36(45)46)39-35(44)30-22-20-29(21-23-30)28-38-32(40)18-16-14-12-10-8-6-4-2-3-5-7-9-11-13-15-17-19-34(42)43/h3-8,11-14,24,34,39-41,51-53H,2,9-10,15-23,25-33H2,1H3,(H2,47,60)(H,48,54)(H,49,58)(H,50,59);29-31H,2-28H2,1H3,(H,37,41)(H,38,40)(H,39,44)(H,42,43)(H,45,46)/t39-,40-,41-;/m0./s1. The molecule has 1 unspecified atom stereocenters. The Kier molecular flexibility index (Phi) is 57.4. The molecule has 3 aromatic rings. The highest BCUT2D eigenvalue weighted by molar-refractivity contribution is 5.90. The van der Waals surface area contributed by atoms with Gasteiger partial charge in [0.05, 0.1) is 90.9 Å². The largest absolute Gasteiger partial charge is 0.481 e. The number of imidazole rings is 1. The van der Waals surface area contributed by atoms with Crippen LogP contribution in [0.25, 0.3) is 0 Å². The normalized spacial score (nSPS) is 14.3. The first-order valence-electron chi connectivity index (χ1n) is 40.7. The zero-order chi connectivity index (χ0) is 81.3. The van der Waals surface area contributed by atoms with Crippen molar-refractivity contribution in [3.8, 4) is 0 Å². The Morgan fingerprint density at radius 2 is 1.01 bits per heavy atom. The van der Waals surface area contributed by atoms with E-state index < -0.39 is 42.0 Å². The number of hydrogen-bond acceptors (Lipinski definition) is 21. The molecule has 30 nitrogen and oxygen atoms in total.